The zero-order valence-corrected chi connectivity index (χ0v) is 32.2. The van der Waals surface area contributed by atoms with Gasteiger partial charge >= 0.3 is 0 Å². The van der Waals surface area contributed by atoms with E-state index in [1.54, 1.807) is 0 Å². The van der Waals surface area contributed by atoms with E-state index < -0.39 is 0 Å². The Morgan fingerprint density at radius 2 is 0.851 bits per heavy atom. The fourth-order valence-electron chi connectivity index (χ4n) is 6.46. The van der Waals surface area contributed by atoms with E-state index in [2.05, 4.69) is 81.5 Å². The van der Waals surface area contributed by atoms with E-state index in [1.807, 2.05) is 0 Å². The number of ether oxygens (including phenoxy) is 2. The molecule has 3 heteroatoms. The Kier molecular flexibility index (Phi) is 31.1. The Bertz CT molecular complexity index is 719. The SMILES string of the molecule is CCCCC/C=C\CCCC/C=C\CCCCCC1(CCCCC/C=C\CCCC/C=C\CCCCC)OC[C@H](CCCN(C)C)O1. The first-order valence-corrected chi connectivity index (χ1v) is 20.7. The predicted octanol–water partition coefficient (Wildman–Crippen LogP) is 13.8. The summed E-state index contributed by atoms with van der Waals surface area (Å²) in [4.78, 5) is 2.27. The summed E-state index contributed by atoms with van der Waals surface area (Å²) in [5.41, 5.74) is 0. The number of rotatable bonds is 34. The molecule has 1 rings (SSSR count). The molecule has 0 aromatic carbocycles. The van der Waals surface area contributed by atoms with E-state index in [0.29, 0.717) is 0 Å². The summed E-state index contributed by atoms with van der Waals surface area (Å²) in [5.74, 6) is -0.330. The molecule has 274 valence electrons. The second-order valence-electron chi connectivity index (χ2n) is 14.6. The lowest BCUT2D eigenvalue weighted by Gasteiger charge is -2.28. The summed E-state index contributed by atoms with van der Waals surface area (Å²) in [6.07, 6.45) is 54.7. The number of nitrogens with zero attached hydrogens (tertiary/aromatic N) is 1. The third-order valence-corrected chi connectivity index (χ3v) is 9.50. The van der Waals surface area contributed by atoms with Crippen LogP contribution in [0.3, 0.4) is 0 Å². The largest absolute Gasteiger partial charge is 0.347 e. The van der Waals surface area contributed by atoms with E-state index in [9.17, 15) is 0 Å². The molecule has 0 aromatic rings. The van der Waals surface area contributed by atoms with Gasteiger partial charge in [0, 0.05) is 12.8 Å². The molecule has 47 heavy (non-hydrogen) atoms. The number of hydrogen-bond acceptors (Lipinski definition) is 3. The van der Waals surface area contributed by atoms with Crippen molar-refractivity contribution in [2.75, 3.05) is 27.2 Å². The molecule has 0 aromatic heterocycles. The van der Waals surface area contributed by atoms with Gasteiger partial charge in [-0.15, -0.1) is 0 Å². The molecule has 0 unspecified atom stereocenters. The van der Waals surface area contributed by atoms with Crippen LogP contribution < -0.4 is 0 Å². The molecule has 0 radical (unpaired) electrons. The normalized spacial score (nSPS) is 16.8. The van der Waals surface area contributed by atoms with Gasteiger partial charge in [0.25, 0.3) is 0 Å². The lowest BCUT2D eigenvalue weighted by molar-refractivity contribution is -0.180. The van der Waals surface area contributed by atoms with Crippen molar-refractivity contribution in [2.45, 2.75) is 206 Å². The van der Waals surface area contributed by atoms with Crippen molar-refractivity contribution >= 4 is 0 Å². The highest BCUT2D eigenvalue weighted by Crippen LogP contribution is 2.36. The van der Waals surface area contributed by atoms with Crippen LogP contribution in [-0.4, -0.2) is 44.0 Å². The molecular weight excluding hydrogens is 574 g/mol. The average molecular weight is 656 g/mol. The minimum atomic E-state index is -0.330. The molecule has 1 saturated heterocycles. The van der Waals surface area contributed by atoms with Crippen LogP contribution >= 0.6 is 0 Å². The van der Waals surface area contributed by atoms with Crippen LogP contribution in [0, 0.1) is 0 Å². The van der Waals surface area contributed by atoms with Gasteiger partial charge in [0.05, 0.1) is 12.7 Å². The van der Waals surface area contributed by atoms with E-state index in [1.165, 1.54) is 161 Å². The fourth-order valence-corrected chi connectivity index (χ4v) is 6.46. The first kappa shape index (κ1) is 43.9. The summed E-state index contributed by atoms with van der Waals surface area (Å²) in [6.45, 7) is 6.45. The van der Waals surface area contributed by atoms with Crippen molar-refractivity contribution in [3.05, 3.63) is 48.6 Å². The smallest absolute Gasteiger partial charge is 0.168 e. The first-order chi connectivity index (χ1) is 23.1. The van der Waals surface area contributed by atoms with Crippen LogP contribution in [0.25, 0.3) is 0 Å². The van der Waals surface area contributed by atoms with Gasteiger partial charge in [-0.2, -0.15) is 0 Å². The van der Waals surface area contributed by atoms with Gasteiger partial charge in [0.15, 0.2) is 5.79 Å². The third-order valence-electron chi connectivity index (χ3n) is 9.50. The Hall–Kier alpha value is -1.16. The summed E-state index contributed by atoms with van der Waals surface area (Å²) >= 11 is 0. The standard InChI is InChI=1S/C44H81NO2/c1-5-7-9-11-13-15-17-19-21-23-25-27-29-31-33-35-39-44(46-42-43(47-44)38-37-41-45(3)4)40-36-34-32-30-28-26-24-22-20-18-16-14-12-10-8-6-2/h13-16,25-28,43H,5-12,17-24,29-42H2,1-4H3/b15-13-,16-14-,27-25-,28-26-/t43-/m0/s1. The Labute approximate surface area is 295 Å². The highest BCUT2D eigenvalue weighted by molar-refractivity contribution is 4.86. The van der Waals surface area contributed by atoms with Crippen LogP contribution in [0.4, 0.5) is 0 Å². The lowest BCUT2D eigenvalue weighted by atomic mass is 9.99. The van der Waals surface area contributed by atoms with E-state index in [4.69, 9.17) is 9.47 Å². The molecular formula is C44H81NO2. The predicted molar refractivity (Wildman–Crippen MR) is 209 cm³/mol. The number of allylic oxidation sites excluding steroid dienone is 8. The van der Waals surface area contributed by atoms with Crippen molar-refractivity contribution in [2.24, 2.45) is 0 Å². The highest BCUT2D eigenvalue weighted by atomic mass is 16.7. The maximum absolute atomic E-state index is 6.70. The second kappa shape index (κ2) is 33.3. The summed E-state index contributed by atoms with van der Waals surface area (Å²) in [5, 5.41) is 0. The molecule has 1 aliphatic heterocycles. The Morgan fingerprint density at radius 1 is 0.489 bits per heavy atom. The second-order valence-corrected chi connectivity index (χ2v) is 14.6. The quantitative estimate of drug-likeness (QED) is 0.0508. The van der Waals surface area contributed by atoms with Gasteiger partial charge < -0.3 is 14.4 Å². The maximum atomic E-state index is 6.70. The lowest BCUT2D eigenvalue weighted by Crippen LogP contribution is -2.31. The minimum absolute atomic E-state index is 0.272. The van der Waals surface area contributed by atoms with Gasteiger partial charge in [0.1, 0.15) is 0 Å². The summed E-state index contributed by atoms with van der Waals surface area (Å²) in [6, 6.07) is 0. The number of hydrogen-bond donors (Lipinski definition) is 0. The fraction of sp³-hybridized carbons (Fsp3) is 0.818. The van der Waals surface area contributed by atoms with Crippen molar-refractivity contribution in [3.8, 4) is 0 Å². The molecule has 0 amide bonds. The molecule has 1 aliphatic rings. The van der Waals surface area contributed by atoms with E-state index in [-0.39, 0.29) is 11.9 Å². The zero-order chi connectivity index (χ0) is 33.9. The summed E-state index contributed by atoms with van der Waals surface area (Å²) in [7, 11) is 4.31. The molecule has 0 N–H and O–H groups in total. The average Bonchev–Trinajstić information content (AvgIpc) is 3.47. The van der Waals surface area contributed by atoms with Crippen molar-refractivity contribution in [1.82, 2.24) is 4.90 Å². The molecule has 1 heterocycles. The van der Waals surface area contributed by atoms with Gasteiger partial charge in [-0.05, 0) is 149 Å². The molecule has 0 bridgehead atoms. The van der Waals surface area contributed by atoms with Crippen molar-refractivity contribution in [3.63, 3.8) is 0 Å². The molecule has 3 nitrogen and oxygen atoms in total. The van der Waals surface area contributed by atoms with Crippen LogP contribution in [0.15, 0.2) is 48.6 Å². The summed E-state index contributed by atoms with van der Waals surface area (Å²) < 4.78 is 13.2. The van der Waals surface area contributed by atoms with Gasteiger partial charge in [-0.25, -0.2) is 0 Å². The minimum Gasteiger partial charge on any atom is -0.347 e. The molecule has 1 atom stereocenters. The van der Waals surface area contributed by atoms with Gasteiger partial charge in [-0.3, -0.25) is 0 Å². The zero-order valence-electron chi connectivity index (χ0n) is 32.2. The van der Waals surface area contributed by atoms with Crippen LogP contribution in [0.1, 0.15) is 194 Å². The highest BCUT2D eigenvalue weighted by Gasteiger charge is 2.40. The molecule has 0 aliphatic carbocycles. The van der Waals surface area contributed by atoms with Crippen molar-refractivity contribution < 1.29 is 9.47 Å². The van der Waals surface area contributed by atoms with Crippen molar-refractivity contribution in [1.29, 1.82) is 0 Å². The van der Waals surface area contributed by atoms with Gasteiger partial charge in [0.2, 0.25) is 0 Å². The molecule has 1 fully saturated rings. The van der Waals surface area contributed by atoms with Gasteiger partial charge in [-0.1, -0.05) is 101 Å². The topological polar surface area (TPSA) is 21.7 Å². The van der Waals surface area contributed by atoms with Crippen LogP contribution in [0.2, 0.25) is 0 Å². The Balaban J connectivity index is 2.21. The molecule has 0 spiro atoms. The van der Waals surface area contributed by atoms with E-state index in [0.717, 1.165) is 32.4 Å². The van der Waals surface area contributed by atoms with Crippen LogP contribution in [0.5, 0.6) is 0 Å². The molecule has 0 saturated carbocycles. The van der Waals surface area contributed by atoms with E-state index >= 15 is 0 Å². The number of unbranched alkanes of at least 4 members (excludes halogenated alkanes) is 18. The maximum Gasteiger partial charge on any atom is 0.168 e. The van der Waals surface area contributed by atoms with Crippen LogP contribution in [-0.2, 0) is 9.47 Å². The third kappa shape index (κ3) is 28.4. The Morgan fingerprint density at radius 3 is 1.21 bits per heavy atom. The first-order valence-electron chi connectivity index (χ1n) is 20.7. The monoisotopic (exact) mass is 656 g/mol.